The fraction of sp³-hybridized carbons (Fsp3) is 0. The quantitative estimate of drug-likeness (QED) is 0.125. The number of para-hydroxylation sites is 1. The Bertz CT molecular complexity index is 1850. The van der Waals surface area contributed by atoms with Gasteiger partial charge in [-0.3, -0.25) is 12.1 Å². The number of aromatic nitrogens is 2. The normalized spacial score (nSPS) is 11.4. The van der Waals surface area contributed by atoms with E-state index in [-0.39, 0.29) is 42.1 Å². The number of anilines is 2. The van der Waals surface area contributed by atoms with Crippen molar-refractivity contribution in [1.29, 1.82) is 0 Å². The molecule has 0 saturated carbocycles. The van der Waals surface area contributed by atoms with E-state index >= 15 is 0 Å². The molecular formula is C38H23N4OPt2-3. The second-order valence-electron chi connectivity index (χ2n) is 9.22. The van der Waals surface area contributed by atoms with Gasteiger partial charge in [0, 0.05) is 44.9 Å². The predicted octanol–water partition coefficient (Wildman–Crippen LogP) is 8.00. The summed E-state index contributed by atoms with van der Waals surface area (Å²) in [6, 6.07) is 51.5. The second-order valence-corrected chi connectivity index (χ2v) is 9.22. The number of ether oxygens (including phenoxy) is 1. The van der Waals surface area contributed by atoms with Crippen LogP contribution in [0.2, 0.25) is 0 Å². The summed E-state index contributed by atoms with van der Waals surface area (Å²) in [5.41, 5.74) is 5.15. The van der Waals surface area contributed by atoms with Crippen LogP contribution < -0.4 is 14.5 Å². The summed E-state index contributed by atoms with van der Waals surface area (Å²) in [6.07, 6.45) is 15.8. The second kappa shape index (κ2) is 16.5. The third kappa shape index (κ3) is 8.74. The van der Waals surface area contributed by atoms with Gasteiger partial charge in [-0.2, -0.15) is 48.2 Å². The van der Waals surface area contributed by atoms with E-state index in [1.165, 1.54) is 0 Å². The topological polar surface area (TPSA) is 33.5 Å². The van der Waals surface area contributed by atoms with Crippen LogP contribution in [-0.2, 0) is 42.1 Å². The maximum absolute atomic E-state index is 6.57. The van der Waals surface area contributed by atoms with Crippen molar-refractivity contribution in [1.82, 2.24) is 9.55 Å². The first-order valence-corrected chi connectivity index (χ1v) is 13.5. The van der Waals surface area contributed by atoms with Gasteiger partial charge >= 0.3 is 21.1 Å². The average Bonchev–Trinajstić information content (AvgIpc) is 3.80. The van der Waals surface area contributed by atoms with Crippen molar-refractivity contribution in [3.8, 4) is 39.9 Å². The van der Waals surface area contributed by atoms with E-state index in [1.54, 1.807) is 29.2 Å². The molecule has 0 unspecified atom stereocenters. The average molecular weight is 942 g/mol. The molecule has 0 aliphatic carbocycles. The molecule has 7 rings (SSSR count). The molecule has 0 N–H and O–H groups in total. The molecule has 2 aromatic heterocycles. The Kier molecular flexibility index (Phi) is 12.2. The van der Waals surface area contributed by atoms with Gasteiger partial charge in [0.15, 0.2) is 0 Å². The summed E-state index contributed by atoms with van der Waals surface area (Å²) < 4.78 is 7.65. The van der Waals surface area contributed by atoms with E-state index in [9.17, 15) is 0 Å². The molecule has 0 bridgehead atoms. The number of rotatable bonds is 6. The van der Waals surface area contributed by atoms with Crippen LogP contribution in [0, 0.1) is 49.5 Å². The monoisotopic (exact) mass is 941 g/mol. The SMILES string of the molecule is [C-]#Cn1cccc1.[Pt+4].[Pt].[c-]1ccc(Oc2[c-]c(N3C=CN(c4ccccc4)[CH-]3)ccc2)[c-]c1-c1[c-]c(-c2[c-]cccc2)ccn1. The van der Waals surface area contributed by atoms with Gasteiger partial charge in [-0.25, -0.2) is 23.2 Å². The van der Waals surface area contributed by atoms with E-state index in [0.29, 0.717) is 22.8 Å². The Morgan fingerprint density at radius 3 is 2.24 bits per heavy atom. The van der Waals surface area contributed by atoms with E-state index < -0.39 is 0 Å². The number of pyridine rings is 1. The summed E-state index contributed by atoms with van der Waals surface area (Å²) in [5, 5.41) is 0. The fourth-order valence-corrected chi connectivity index (χ4v) is 4.25. The molecule has 0 atom stereocenters. The molecule has 7 heteroatoms. The minimum absolute atomic E-state index is 0. The number of benzene rings is 4. The molecule has 0 fully saturated rings. The van der Waals surface area contributed by atoms with Gasteiger partial charge in [-0.1, -0.05) is 23.9 Å². The van der Waals surface area contributed by atoms with Crippen molar-refractivity contribution in [2.45, 2.75) is 0 Å². The van der Waals surface area contributed by atoms with Crippen LogP contribution in [0.15, 0.2) is 134 Å². The van der Waals surface area contributed by atoms with E-state index in [4.69, 9.17) is 11.2 Å². The van der Waals surface area contributed by atoms with E-state index in [0.717, 1.165) is 22.5 Å². The van der Waals surface area contributed by atoms with Crippen LogP contribution in [0.1, 0.15) is 0 Å². The summed E-state index contributed by atoms with van der Waals surface area (Å²) in [6.45, 7) is 2.01. The molecule has 0 spiro atoms. The van der Waals surface area contributed by atoms with Crippen LogP contribution in [0.3, 0.4) is 0 Å². The summed E-state index contributed by atoms with van der Waals surface area (Å²) in [7, 11) is 0. The van der Waals surface area contributed by atoms with Crippen LogP contribution in [-0.4, -0.2) is 9.55 Å². The predicted molar refractivity (Wildman–Crippen MR) is 168 cm³/mol. The summed E-state index contributed by atoms with van der Waals surface area (Å²) >= 11 is 0. The molecule has 4 aromatic carbocycles. The van der Waals surface area contributed by atoms with Crippen molar-refractivity contribution in [2.24, 2.45) is 0 Å². The maximum Gasteiger partial charge on any atom is 4.00 e. The van der Waals surface area contributed by atoms with Crippen LogP contribution in [0.25, 0.3) is 22.4 Å². The van der Waals surface area contributed by atoms with Gasteiger partial charge in [0.25, 0.3) is 0 Å². The first-order valence-electron chi connectivity index (χ1n) is 13.5. The molecule has 1 aliphatic heterocycles. The Morgan fingerprint density at radius 2 is 1.49 bits per heavy atom. The van der Waals surface area contributed by atoms with Gasteiger partial charge in [0.1, 0.15) is 0 Å². The zero-order valence-electron chi connectivity index (χ0n) is 23.6. The van der Waals surface area contributed by atoms with Gasteiger partial charge < -0.3 is 42.1 Å². The van der Waals surface area contributed by atoms with Crippen molar-refractivity contribution in [3.63, 3.8) is 0 Å². The molecule has 0 radical (unpaired) electrons. The molecule has 6 aromatic rings. The first kappa shape index (κ1) is 33.3. The minimum atomic E-state index is 0. The summed E-state index contributed by atoms with van der Waals surface area (Å²) in [4.78, 5) is 8.52. The smallest absolute Gasteiger partial charge is 0.669 e. The van der Waals surface area contributed by atoms with Gasteiger partial charge in [0.2, 0.25) is 0 Å². The fourth-order valence-electron chi connectivity index (χ4n) is 4.25. The molecule has 1 aliphatic rings. The Balaban J connectivity index is 0.000000455. The van der Waals surface area contributed by atoms with Gasteiger partial charge in [-0.15, -0.1) is 36.6 Å². The largest absolute Gasteiger partial charge is 4.00 e. The Morgan fingerprint density at radius 1 is 0.711 bits per heavy atom. The zero-order valence-corrected chi connectivity index (χ0v) is 28.2. The third-order valence-electron chi connectivity index (χ3n) is 6.32. The van der Waals surface area contributed by atoms with Gasteiger partial charge in [0.05, 0.1) is 0 Å². The minimum Gasteiger partial charge on any atom is -0.669 e. The van der Waals surface area contributed by atoms with Crippen LogP contribution in [0.4, 0.5) is 11.4 Å². The molecule has 0 amide bonds. The van der Waals surface area contributed by atoms with Crippen molar-refractivity contribution in [2.75, 3.05) is 9.80 Å². The van der Waals surface area contributed by atoms with Crippen LogP contribution >= 0.6 is 0 Å². The Labute approximate surface area is 293 Å². The number of hydrogen-bond acceptors (Lipinski definition) is 4. The standard InChI is InChI=1S/C32H19N3O.C6H4N.2Pt/c1-3-9-25(10-4-1)26-17-18-33-32(22-26)27-11-7-15-30(21-27)36-31-16-8-14-29(23-31)35-20-19-34(24-35)28-12-5-2-6-13-28;1-2-7-5-3-4-6-7;;/h1-9,12-20,24H;3-6H;;/q-6;-1;;+4. The number of hydrogen-bond donors (Lipinski definition) is 0. The zero-order chi connectivity index (χ0) is 29.3. The molecule has 45 heavy (non-hydrogen) atoms. The molecule has 5 nitrogen and oxygen atoms in total. The van der Waals surface area contributed by atoms with E-state index in [2.05, 4.69) is 58.4 Å². The molecule has 224 valence electrons. The van der Waals surface area contributed by atoms with Crippen molar-refractivity contribution >= 4 is 11.4 Å². The molecule has 0 saturated heterocycles. The molecular weight excluding hydrogens is 919 g/mol. The molecule has 3 heterocycles. The first-order chi connectivity index (χ1) is 21.2. The maximum atomic E-state index is 6.57. The summed E-state index contributed by atoms with van der Waals surface area (Å²) in [5.74, 6) is 1.14. The van der Waals surface area contributed by atoms with Crippen molar-refractivity contribution in [3.05, 3.63) is 178 Å². The van der Waals surface area contributed by atoms with Gasteiger partial charge in [-0.05, 0) is 42.9 Å². The third-order valence-corrected chi connectivity index (χ3v) is 6.32. The van der Waals surface area contributed by atoms with E-state index in [1.807, 2.05) is 109 Å². The Hall–Kier alpha value is -4.61. The van der Waals surface area contributed by atoms with Crippen molar-refractivity contribution < 1.29 is 46.9 Å². The number of nitrogens with zero attached hydrogens (tertiary/aromatic N) is 4. The van der Waals surface area contributed by atoms with Crippen LogP contribution in [0.5, 0.6) is 11.5 Å².